The second-order valence-electron chi connectivity index (χ2n) is 9.04. The van der Waals surface area contributed by atoms with Crippen molar-refractivity contribution in [3.8, 4) is 11.8 Å². The summed E-state index contributed by atoms with van der Waals surface area (Å²) in [5.74, 6) is 0.196. The van der Waals surface area contributed by atoms with Crippen LogP contribution in [0.3, 0.4) is 0 Å². The first-order chi connectivity index (χ1) is 13.2. The molecule has 0 radical (unpaired) electrons. The minimum atomic E-state index is -3.99. The second kappa shape index (κ2) is 7.85. The Balaban J connectivity index is 2.73. The van der Waals surface area contributed by atoms with Gasteiger partial charge in [-0.15, -0.1) is 0 Å². The van der Waals surface area contributed by atoms with E-state index in [4.69, 9.17) is 11.6 Å². The van der Waals surface area contributed by atoms with E-state index in [0.717, 1.165) is 0 Å². The highest BCUT2D eigenvalue weighted by molar-refractivity contribution is 7.95. The number of aromatic hydroxyl groups is 1. The van der Waals surface area contributed by atoms with Gasteiger partial charge in [0.1, 0.15) is 16.7 Å². The first kappa shape index (κ1) is 23.0. The average molecular weight is 432 g/mol. The lowest BCUT2D eigenvalue weighted by atomic mass is 9.78. The molecule has 29 heavy (non-hydrogen) atoms. The van der Waals surface area contributed by atoms with Gasteiger partial charge in [-0.3, -0.25) is 0 Å². The first-order valence-corrected chi connectivity index (χ1v) is 11.0. The van der Waals surface area contributed by atoms with Gasteiger partial charge in [0, 0.05) is 16.1 Å². The van der Waals surface area contributed by atoms with Gasteiger partial charge in [0.15, 0.2) is 0 Å². The third kappa shape index (κ3) is 5.01. The van der Waals surface area contributed by atoms with E-state index in [0.29, 0.717) is 21.7 Å². The molecule has 0 bridgehead atoms. The molecule has 0 heterocycles. The molecule has 2 aromatic carbocycles. The highest BCUT2D eigenvalue weighted by atomic mass is 35.5. The van der Waals surface area contributed by atoms with E-state index in [1.807, 2.05) is 47.6 Å². The van der Waals surface area contributed by atoms with Gasteiger partial charge in [0.05, 0.1) is 4.90 Å². The molecule has 0 fully saturated rings. The standard InChI is InChI=1S/C23H26ClNO3S/c1-22(2,3)19-12-15(13-20(21(19)26)23(4,5)6)11-18(14-25)29(27,28)17-9-7-16(24)8-10-17/h7-13,26H,1-6H3/b18-11-. The normalized spacial score (nSPS) is 13.2. The summed E-state index contributed by atoms with van der Waals surface area (Å²) in [7, 11) is -3.99. The zero-order valence-electron chi connectivity index (χ0n) is 17.5. The quantitative estimate of drug-likeness (QED) is 0.606. The van der Waals surface area contributed by atoms with Gasteiger partial charge in [0.25, 0.3) is 0 Å². The van der Waals surface area contributed by atoms with Crippen LogP contribution in [-0.4, -0.2) is 13.5 Å². The fourth-order valence-electron chi connectivity index (χ4n) is 2.95. The van der Waals surface area contributed by atoms with E-state index in [2.05, 4.69) is 0 Å². The number of allylic oxidation sites excluding steroid dienone is 1. The van der Waals surface area contributed by atoms with Gasteiger partial charge in [-0.25, -0.2) is 8.42 Å². The highest BCUT2D eigenvalue weighted by Gasteiger charge is 2.27. The number of nitriles is 1. The summed E-state index contributed by atoms with van der Waals surface area (Å²) >= 11 is 5.84. The summed E-state index contributed by atoms with van der Waals surface area (Å²) in [6.07, 6.45) is 1.36. The van der Waals surface area contributed by atoms with Crippen molar-refractivity contribution in [2.75, 3.05) is 0 Å². The van der Waals surface area contributed by atoms with Gasteiger partial charge >= 0.3 is 0 Å². The number of sulfone groups is 1. The molecule has 0 aromatic heterocycles. The van der Waals surface area contributed by atoms with Crippen molar-refractivity contribution in [2.45, 2.75) is 57.3 Å². The van der Waals surface area contributed by atoms with Crippen LogP contribution in [0, 0.1) is 11.3 Å². The molecule has 154 valence electrons. The van der Waals surface area contributed by atoms with Crippen molar-refractivity contribution >= 4 is 27.5 Å². The Kier molecular flexibility index (Phi) is 6.23. The van der Waals surface area contributed by atoms with Gasteiger partial charge in [-0.2, -0.15) is 5.26 Å². The monoisotopic (exact) mass is 431 g/mol. The van der Waals surface area contributed by atoms with Crippen molar-refractivity contribution in [1.82, 2.24) is 0 Å². The summed E-state index contributed by atoms with van der Waals surface area (Å²) in [6.45, 7) is 11.8. The van der Waals surface area contributed by atoms with Crippen LogP contribution >= 0.6 is 11.6 Å². The zero-order valence-corrected chi connectivity index (χ0v) is 19.1. The summed E-state index contributed by atoms with van der Waals surface area (Å²) < 4.78 is 25.9. The Hall–Kier alpha value is -2.29. The van der Waals surface area contributed by atoms with E-state index in [1.54, 1.807) is 12.1 Å². The molecule has 0 aliphatic rings. The molecule has 0 aliphatic carbocycles. The van der Waals surface area contributed by atoms with E-state index in [9.17, 15) is 18.8 Å². The Morgan fingerprint density at radius 1 is 1.00 bits per heavy atom. The van der Waals surface area contributed by atoms with Crippen LogP contribution in [0.2, 0.25) is 5.02 Å². The molecular weight excluding hydrogens is 406 g/mol. The van der Waals surface area contributed by atoms with Gasteiger partial charge < -0.3 is 5.11 Å². The van der Waals surface area contributed by atoms with Crippen molar-refractivity contribution in [3.05, 3.63) is 63.0 Å². The van der Waals surface area contributed by atoms with Crippen LogP contribution in [-0.2, 0) is 20.7 Å². The maximum absolute atomic E-state index is 12.9. The molecule has 0 amide bonds. The minimum Gasteiger partial charge on any atom is -0.507 e. The predicted molar refractivity (Wildman–Crippen MR) is 118 cm³/mol. The fraction of sp³-hybridized carbons (Fsp3) is 0.348. The SMILES string of the molecule is CC(C)(C)c1cc(/C=C(/C#N)S(=O)(=O)c2ccc(Cl)cc2)cc(C(C)(C)C)c1O. The zero-order chi connectivity index (χ0) is 22.2. The van der Waals surface area contributed by atoms with Crippen molar-refractivity contribution in [2.24, 2.45) is 0 Å². The Morgan fingerprint density at radius 2 is 1.45 bits per heavy atom. The van der Waals surface area contributed by atoms with Crippen LogP contribution < -0.4 is 0 Å². The van der Waals surface area contributed by atoms with Crippen LogP contribution in [0.5, 0.6) is 5.75 Å². The molecule has 0 aliphatic heterocycles. The minimum absolute atomic E-state index is 0.000526. The molecule has 2 aromatic rings. The molecular formula is C23H26ClNO3S. The average Bonchev–Trinajstić information content (AvgIpc) is 2.58. The summed E-state index contributed by atoms with van der Waals surface area (Å²) in [5.41, 5.74) is 1.20. The van der Waals surface area contributed by atoms with Crippen molar-refractivity contribution in [1.29, 1.82) is 5.26 Å². The van der Waals surface area contributed by atoms with E-state index >= 15 is 0 Å². The van der Waals surface area contributed by atoms with Gasteiger partial charge in [0.2, 0.25) is 9.84 Å². The molecule has 4 nitrogen and oxygen atoms in total. The van der Waals surface area contributed by atoms with E-state index < -0.39 is 9.84 Å². The predicted octanol–water partition coefficient (Wildman–Crippen LogP) is 5.98. The summed E-state index contributed by atoms with van der Waals surface area (Å²) in [4.78, 5) is -0.370. The smallest absolute Gasteiger partial charge is 0.216 e. The van der Waals surface area contributed by atoms with Crippen LogP contribution in [0.1, 0.15) is 58.2 Å². The topological polar surface area (TPSA) is 78.2 Å². The molecule has 0 atom stereocenters. The maximum atomic E-state index is 12.9. The molecule has 2 rings (SSSR count). The number of benzene rings is 2. The number of hydrogen-bond acceptors (Lipinski definition) is 4. The van der Waals surface area contributed by atoms with Gasteiger partial charge in [-0.05, 0) is 58.9 Å². The largest absolute Gasteiger partial charge is 0.507 e. The summed E-state index contributed by atoms with van der Waals surface area (Å²) in [6, 6.07) is 11.0. The van der Waals surface area contributed by atoms with Crippen molar-refractivity contribution in [3.63, 3.8) is 0 Å². The van der Waals surface area contributed by atoms with Gasteiger partial charge in [-0.1, -0.05) is 53.1 Å². The molecule has 1 N–H and O–H groups in total. The van der Waals surface area contributed by atoms with Crippen LogP contribution in [0.15, 0.2) is 46.2 Å². The molecule has 0 saturated carbocycles. The highest BCUT2D eigenvalue weighted by Crippen LogP contribution is 2.40. The third-order valence-corrected chi connectivity index (χ3v) is 6.50. The molecule has 0 saturated heterocycles. The Morgan fingerprint density at radius 3 is 1.83 bits per heavy atom. The number of nitrogens with zero attached hydrogens (tertiary/aromatic N) is 1. The summed E-state index contributed by atoms with van der Waals surface area (Å²) in [5, 5.41) is 20.8. The molecule has 0 spiro atoms. The Labute approximate surface area is 178 Å². The Bertz CT molecular complexity index is 1060. The second-order valence-corrected chi connectivity index (χ2v) is 11.4. The lowest BCUT2D eigenvalue weighted by molar-refractivity contribution is 0.423. The lowest BCUT2D eigenvalue weighted by Crippen LogP contribution is -2.17. The molecule has 0 unspecified atom stereocenters. The lowest BCUT2D eigenvalue weighted by Gasteiger charge is -2.28. The first-order valence-electron chi connectivity index (χ1n) is 9.18. The number of phenols is 1. The molecule has 6 heteroatoms. The van der Waals surface area contributed by atoms with Crippen molar-refractivity contribution < 1.29 is 13.5 Å². The number of hydrogen-bond donors (Lipinski definition) is 1. The number of halogens is 1. The van der Waals surface area contributed by atoms with E-state index in [-0.39, 0.29) is 26.4 Å². The number of rotatable bonds is 3. The van der Waals surface area contributed by atoms with Crippen LogP contribution in [0.25, 0.3) is 6.08 Å². The maximum Gasteiger partial charge on any atom is 0.216 e. The third-order valence-electron chi connectivity index (χ3n) is 4.57. The number of phenolic OH excluding ortho intramolecular Hbond substituents is 1. The van der Waals surface area contributed by atoms with Crippen LogP contribution in [0.4, 0.5) is 0 Å². The fourth-order valence-corrected chi connectivity index (χ4v) is 4.23. The van der Waals surface area contributed by atoms with E-state index in [1.165, 1.54) is 30.3 Å².